The molecule has 2 aromatic heterocycles. The van der Waals surface area contributed by atoms with Crippen LogP contribution in [0.4, 0.5) is 0 Å². The molecule has 0 aromatic carbocycles. The monoisotopic (exact) mass is 283 g/mol. The summed E-state index contributed by atoms with van der Waals surface area (Å²) in [5.41, 5.74) is 0. The number of hydrogen-bond acceptors (Lipinski definition) is 6. The van der Waals surface area contributed by atoms with Crippen molar-refractivity contribution in [3.05, 3.63) is 16.0 Å². The van der Waals surface area contributed by atoms with Crippen LogP contribution in [0.1, 0.15) is 5.01 Å². The fourth-order valence-corrected chi connectivity index (χ4v) is 2.88. The third-order valence-corrected chi connectivity index (χ3v) is 3.93. The molecule has 18 heavy (non-hydrogen) atoms. The number of H-pyrrole nitrogens is 2. The number of nitrogens with zero attached hydrogens (tertiary/aromatic N) is 3. The molecule has 0 radical (unpaired) electrons. The lowest BCUT2D eigenvalue weighted by atomic mass is 10.4. The highest BCUT2D eigenvalue weighted by Gasteiger charge is 2.13. The van der Waals surface area contributed by atoms with Crippen LogP contribution in [0.3, 0.4) is 0 Å². The van der Waals surface area contributed by atoms with Crippen molar-refractivity contribution in [3.63, 3.8) is 0 Å². The van der Waals surface area contributed by atoms with Gasteiger partial charge in [-0.15, -0.1) is 11.3 Å². The minimum Gasteiger partial charge on any atom is -0.379 e. The van der Waals surface area contributed by atoms with Crippen molar-refractivity contribution in [2.75, 3.05) is 26.3 Å². The number of ether oxygens (including phenoxy) is 1. The summed E-state index contributed by atoms with van der Waals surface area (Å²) in [6, 6.07) is 0. The van der Waals surface area contributed by atoms with Crippen LogP contribution in [0.15, 0.2) is 6.20 Å². The fraction of sp³-hybridized carbons (Fsp3) is 0.500. The summed E-state index contributed by atoms with van der Waals surface area (Å²) in [6.45, 7) is 4.44. The first-order valence-corrected chi connectivity index (χ1v) is 6.93. The van der Waals surface area contributed by atoms with Gasteiger partial charge in [0.2, 0.25) is 4.77 Å². The zero-order valence-electron chi connectivity index (χ0n) is 9.68. The molecule has 96 valence electrons. The van der Waals surface area contributed by atoms with Gasteiger partial charge in [-0.1, -0.05) is 0 Å². The summed E-state index contributed by atoms with van der Waals surface area (Å²) >= 11 is 6.57. The van der Waals surface area contributed by atoms with Crippen molar-refractivity contribution in [1.82, 2.24) is 25.1 Å². The number of hydrogen-bond donors (Lipinski definition) is 2. The quantitative estimate of drug-likeness (QED) is 0.834. The molecular formula is C10H13N5OS2. The van der Waals surface area contributed by atoms with Crippen LogP contribution in [-0.2, 0) is 11.3 Å². The zero-order chi connectivity index (χ0) is 12.4. The Balaban J connectivity index is 1.71. The van der Waals surface area contributed by atoms with Crippen LogP contribution in [0.5, 0.6) is 0 Å². The molecule has 0 amide bonds. The van der Waals surface area contributed by atoms with Crippen LogP contribution in [0.25, 0.3) is 10.7 Å². The maximum atomic E-state index is 5.33. The van der Waals surface area contributed by atoms with E-state index in [4.69, 9.17) is 17.0 Å². The van der Waals surface area contributed by atoms with Gasteiger partial charge in [-0.05, 0) is 12.2 Å². The average molecular weight is 283 g/mol. The smallest absolute Gasteiger partial charge is 0.213 e. The number of aromatic nitrogens is 4. The van der Waals surface area contributed by atoms with Crippen molar-refractivity contribution in [2.45, 2.75) is 6.54 Å². The van der Waals surface area contributed by atoms with Gasteiger partial charge in [0.15, 0.2) is 5.82 Å². The highest BCUT2D eigenvalue weighted by atomic mass is 32.1. The van der Waals surface area contributed by atoms with E-state index in [1.807, 2.05) is 6.20 Å². The second kappa shape index (κ2) is 5.27. The predicted molar refractivity (Wildman–Crippen MR) is 71.0 cm³/mol. The van der Waals surface area contributed by atoms with E-state index in [-0.39, 0.29) is 0 Å². The van der Waals surface area contributed by atoms with Crippen LogP contribution >= 0.6 is 23.6 Å². The highest BCUT2D eigenvalue weighted by molar-refractivity contribution is 7.71. The van der Waals surface area contributed by atoms with Gasteiger partial charge in [0.25, 0.3) is 0 Å². The number of nitrogens with one attached hydrogen (secondary N) is 2. The zero-order valence-corrected chi connectivity index (χ0v) is 11.3. The SMILES string of the molecule is S=c1nc(-c2cnc(CN3CCOCC3)s2)[nH][nH]1. The van der Waals surface area contributed by atoms with E-state index in [2.05, 4.69) is 25.1 Å². The Bertz CT molecular complexity index is 569. The molecule has 6 nitrogen and oxygen atoms in total. The molecule has 1 fully saturated rings. The van der Waals surface area contributed by atoms with Crippen molar-refractivity contribution in [1.29, 1.82) is 0 Å². The van der Waals surface area contributed by atoms with Gasteiger partial charge >= 0.3 is 0 Å². The number of aromatic amines is 2. The van der Waals surface area contributed by atoms with Gasteiger partial charge in [0, 0.05) is 19.3 Å². The molecule has 1 aliphatic rings. The van der Waals surface area contributed by atoms with E-state index in [0.717, 1.165) is 48.6 Å². The lowest BCUT2D eigenvalue weighted by molar-refractivity contribution is 0.0341. The Labute approximate surface area is 113 Å². The molecule has 0 unspecified atom stereocenters. The molecule has 8 heteroatoms. The molecule has 0 spiro atoms. The topological polar surface area (TPSA) is 69.8 Å². The summed E-state index contributed by atoms with van der Waals surface area (Å²) in [5.74, 6) is 0.755. The molecular weight excluding hydrogens is 270 g/mol. The molecule has 3 heterocycles. The molecule has 2 N–H and O–H groups in total. The lowest BCUT2D eigenvalue weighted by Gasteiger charge is -2.25. The molecule has 3 rings (SSSR count). The second-order valence-electron chi connectivity index (χ2n) is 4.02. The molecule has 1 aliphatic heterocycles. The Kier molecular flexibility index (Phi) is 3.50. The first-order valence-electron chi connectivity index (χ1n) is 5.71. The van der Waals surface area contributed by atoms with Crippen molar-refractivity contribution >= 4 is 23.6 Å². The Morgan fingerprint density at radius 3 is 2.94 bits per heavy atom. The summed E-state index contributed by atoms with van der Waals surface area (Å²) in [7, 11) is 0. The maximum Gasteiger partial charge on any atom is 0.213 e. The van der Waals surface area contributed by atoms with Gasteiger partial charge in [-0.25, -0.2) is 4.98 Å². The van der Waals surface area contributed by atoms with Crippen molar-refractivity contribution in [3.8, 4) is 10.7 Å². The molecule has 2 aromatic rings. The van der Waals surface area contributed by atoms with Crippen LogP contribution in [-0.4, -0.2) is 51.4 Å². The average Bonchev–Trinajstić information content (AvgIpc) is 2.99. The van der Waals surface area contributed by atoms with Gasteiger partial charge in [-0.2, -0.15) is 4.98 Å². The van der Waals surface area contributed by atoms with E-state index in [9.17, 15) is 0 Å². The second-order valence-corrected chi connectivity index (χ2v) is 5.52. The summed E-state index contributed by atoms with van der Waals surface area (Å²) in [6.07, 6.45) is 1.84. The first kappa shape index (κ1) is 12.0. The van der Waals surface area contributed by atoms with Gasteiger partial charge in [-0.3, -0.25) is 15.1 Å². The van der Waals surface area contributed by atoms with E-state index in [1.165, 1.54) is 0 Å². The predicted octanol–water partition coefficient (Wildman–Crippen LogP) is 1.42. The summed E-state index contributed by atoms with van der Waals surface area (Å²) in [4.78, 5) is 12.0. The van der Waals surface area contributed by atoms with Crippen molar-refractivity contribution in [2.24, 2.45) is 0 Å². The third-order valence-electron chi connectivity index (χ3n) is 2.75. The van der Waals surface area contributed by atoms with Gasteiger partial charge < -0.3 is 4.74 Å². The Hall–Kier alpha value is -1.09. The minimum absolute atomic E-state index is 0.466. The summed E-state index contributed by atoms with van der Waals surface area (Å²) in [5, 5.41) is 6.82. The van der Waals surface area contributed by atoms with E-state index < -0.39 is 0 Å². The Morgan fingerprint density at radius 2 is 2.22 bits per heavy atom. The molecule has 0 bridgehead atoms. The minimum atomic E-state index is 0.466. The van der Waals surface area contributed by atoms with Gasteiger partial charge in [0.05, 0.1) is 24.6 Å². The number of rotatable bonds is 3. The van der Waals surface area contributed by atoms with Crippen LogP contribution < -0.4 is 0 Å². The normalized spacial score (nSPS) is 17.1. The third kappa shape index (κ3) is 2.66. The fourth-order valence-electron chi connectivity index (χ4n) is 1.83. The molecule has 0 saturated carbocycles. The molecule has 0 atom stereocenters. The molecule has 1 saturated heterocycles. The lowest BCUT2D eigenvalue weighted by Crippen LogP contribution is -2.35. The largest absolute Gasteiger partial charge is 0.379 e. The maximum absolute atomic E-state index is 5.33. The van der Waals surface area contributed by atoms with E-state index in [0.29, 0.717) is 4.77 Å². The molecule has 0 aliphatic carbocycles. The van der Waals surface area contributed by atoms with E-state index in [1.54, 1.807) is 11.3 Å². The van der Waals surface area contributed by atoms with Crippen LogP contribution in [0, 0.1) is 4.77 Å². The Morgan fingerprint density at radius 1 is 1.39 bits per heavy atom. The first-order chi connectivity index (χ1) is 8.81. The standard InChI is InChI=1S/C10H13N5OS2/c17-10-12-9(13-14-10)7-5-11-8(18-7)6-15-1-3-16-4-2-15/h5H,1-4,6H2,(H2,12,13,14,17). The van der Waals surface area contributed by atoms with Crippen molar-refractivity contribution < 1.29 is 4.74 Å². The van der Waals surface area contributed by atoms with Crippen LogP contribution in [0.2, 0.25) is 0 Å². The van der Waals surface area contributed by atoms with Gasteiger partial charge in [0.1, 0.15) is 5.01 Å². The number of thiazole rings is 1. The van der Waals surface area contributed by atoms with E-state index >= 15 is 0 Å². The summed E-state index contributed by atoms with van der Waals surface area (Å²) < 4.78 is 5.79. The highest BCUT2D eigenvalue weighted by Crippen LogP contribution is 2.23. The number of morpholine rings is 1.